The number of aromatic hydroxyl groups is 1. The van der Waals surface area contributed by atoms with Crippen LogP contribution >= 0.6 is 0 Å². The minimum Gasteiger partial charge on any atom is -0.503 e. The Balaban J connectivity index is 3.22. The second kappa shape index (κ2) is 4.33. The van der Waals surface area contributed by atoms with Gasteiger partial charge in [-0.15, -0.1) is 0 Å². The molecule has 0 spiro atoms. The van der Waals surface area contributed by atoms with Gasteiger partial charge in [-0.25, -0.2) is 0 Å². The number of methoxy groups -OCH3 is 1. The van der Waals surface area contributed by atoms with Crippen molar-refractivity contribution in [3.63, 3.8) is 0 Å². The summed E-state index contributed by atoms with van der Waals surface area (Å²) in [5.74, 6) is -1.17. The van der Waals surface area contributed by atoms with Crippen molar-refractivity contribution in [3.05, 3.63) is 23.3 Å². The third-order valence-corrected chi connectivity index (χ3v) is 1.83. The maximum absolute atomic E-state index is 10.5. The molecule has 2 N–H and O–H groups in total. The number of hydrogen-bond donors (Lipinski definition) is 2. The van der Waals surface area contributed by atoms with E-state index in [-0.39, 0.29) is 23.5 Å². The zero-order valence-electron chi connectivity index (χ0n) is 8.02. The van der Waals surface area contributed by atoms with Crippen LogP contribution in [0.1, 0.15) is 11.1 Å². The van der Waals surface area contributed by atoms with E-state index in [4.69, 9.17) is 15.1 Å². The van der Waals surface area contributed by atoms with Crippen molar-refractivity contribution in [1.29, 1.82) is 5.26 Å². The van der Waals surface area contributed by atoms with Gasteiger partial charge in [0, 0.05) is 0 Å². The van der Waals surface area contributed by atoms with Crippen LogP contribution in [0.2, 0.25) is 0 Å². The number of benzene rings is 1. The van der Waals surface area contributed by atoms with Gasteiger partial charge >= 0.3 is 5.97 Å². The van der Waals surface area contributed by atoms with Crippen LogP contribution in [0.25, 0.3) is 0 Å². The topological polar surface area (TPSA) is 90.5 Å². The molecule has 5 nitrogen and oxygen atoms in total. The number of rotatable bonds is 3. The van der Waals surface area contributed by atoms with E-state index in [1.807, 2.05) is 0 Å². The smallest absolute Gasteiger partial charge is 0.307 e. The zero-order chi connectivity index (χ0) is 11.4. The average molecular weight is 207 g/mol. The van der Waals surface area contributed by atoms with Crippen LogP contribution in [0, 0.1) is 11.3 Å². The third-order valence-electron chi connectivity index (χ3n) is 1.83. The van der Waals surface area contributed by atoms with Gasteiger partial charge in [0.05, 0.1) is 19.1 Å². The van der Waals surface area contributed by atoms with Crippen LogP contribution < -0.4 is 4.74 Å². The zero-order valence-corrected chi connectivity index (χ0v) is 8.02. The molecule has 0 aromatic heterocycles. The van der Waals surface area contributed by atoms with Crippen molar-refractivity contribution in [3.8, 4) is 17.6 Å². The van der Waals surface area contributed by atoms with E-state index >= 15 is 0 Å². The van der Waals surface area contributed by atoms with E-state index in [0.717, 1.165) is 0 Å². The molecule has 0 heterocycles. The number of nitriles is 1. The van der Waals surface area contributed by atoms with Crippen molar-refractivity contribution < 1.29 is 19.7 Å². The fraction of sp³-hybridized carbons (Fsp3) is 0.200. The first-order valence-electron chi connectivity index (χ1n) is 4.10. The van der Waals surface area contributed by atoms with Crippen LogP contribution in [-0.4, -0.2) is 23.3 Å². The van der Waals surface area contributed by atoms with Crippen molar-refractivity contribution >= 4 is 5.97 Å². The quantitative estimate of drug-likeness (QED) is 0.768. The van der Waals surface area contributed by atoms with E-state index < -0.39 is 5.97 Å². The van der Waals surface area contributed by atoms with E-state index in [0.29, 0.717) is 5.56 Å². The summed E-state index contributed by atoms with van der Waals surface area (Å²) in [6, 6.07) is 4.48. The molecule has 0 amide bonds. The molecule has 0 aliphatic heterocycles. The fourth-order valence-electron chi connectivity index (χ4n) is 1.18. The van der Waals surface area contributed by atoms with E-state index in [1.54, 1.807) is 6.07 Å². The molecule has 5 heteroatoms. The fourth-order valence-corrected chi connectivity index (χ4v) is 1.18. The largest absolute Gasteiger partial charge is 0.503 e. The van der Waals surface area contributed by atoms with Crippen molar-refractivity contribution in [2.24, 2.45) is 0 Å². The van der Waals surface area contributed by atoms with Crippen molar-refractivity contribution in [2.45, 2.75) is 6.42 Å². The first-order valence-corrected chi connectivity index (χ1v) is 4.10. The molecule has 1 aromatic rings. The highest BCUT2D eigenvalue weighted by atomic mass is 16.5. The van der Waals surface area contributed by atoms with Gasteiger partial charge < -0.3 is 14.9 Å². The second-order valence-corrected chi connectivity index (χ2v) is 2.88. The Bertz CT molecular complexity index is 434. The van der Waals surface area contributed by atoms with Gasteiger partial charge in [-0.1, -0.05) is 0 Å². The van der Waals surface area contributed by atoms with Gasteiger partial charge in [-0.3, -0.25) is 4.79 Å². The molecule has 78 valence electrons. The summed E-state index contributed by atoms with van der Waals surface area (Å²) in [6.45, 7) is 0. The number of phenols is 1. The van der Waals surface area contributed by atoms with E-state index in [9.17, 15) is 9.90 Å². The van der Waals surface area contributed by atoms with Crippen LogP contribution in [0.15, 0.2) is 12.1 Å². The summed E-state index contributed by atoms with van der Waals surface area (Å²) < 4.78 is 4.82. The lowest BCUT2D eigenvalue weighted by Crippen LogP contribution is -2.01. The van der Waals surface area contributed by atoms with E-state index in [2.05, 4.69) is 0 Å². The molecule has 0 aliphatic rings. The van der Waals surface area contributed by atoms with Crippen molar-refractivity contribution in [2.75, 3.05) is 7.11 Å². The van der Waals surface area contributed by atoms with Gasteiger partial charge in [0.1, 0.15) is 6.07 Å². The number of hydrogen-bond acceptors (Lipinski definition) is 4. The van der Waals surface area contributed by atoms with Crippen LogP contribution in [0.5, 0.6) is 11.5 Å². The molecule has 0 fully saturated rings. The van der Waals surface area contributed by atoms with Crippen LogP contribution in [0.4, 0.5) is 0 Å². The summed E-state index contributed by atoms with van der Waals surface area (Å²) in [4.78, 5) is 10.5. The predicted molar refractivity (Wildman–Crippen MR) is 50.7 cm³/mol. The van der Waals surface area contributed by atoms with Gasteiger partial charge in [-0.2, -0.15) is 5.26 Å². The van der Waals surface area contributed by atoms with Gasteiger partial charge in [0.15, 0.2) is 11.5 Å². The average Bonchev–Trinajstić information content (AvgIpc) is 2.19. The number of carboxylic acid groups (broad SMARTS) is 1. The Morgan fingerprint density at radius 3 is 2.73 bits per heavy atom. The number of carbonyl (C=O) groups is 1. The Kier molecular flexibility index (Phi) is 3.13. The first kappa shape index (κ1) is 10.9. The molecule has 0 atom stereocenters. The monoisotopic (exact) mass is 207 g/mol. The second-order valence-electron chi connectivity index (χ2n) is 2.88. The molecule has 0 unspecified atom stereocenters. The number of nitrogens with zero attached hydrogens (tertiary/aromatic N) is 1. The number of ether oxygens (including phenoxy) is 1. The highest BCUT2D eigenvalue weighted by molar-refractivity contribution is 5.71. The summed E-state index contributed by atoms with van der Waals surface area (Å²) in [5, 5.41) is 26.7. The van der Waals surface area contributed by atoms with Crippen LogP contribution in [0.3, 0.4) is 0 Å². The molecule has 0 saturated heterocycles. The molecule has 0 aliphatic carbocycles. The Morgan fingerprint density at radius 1 is 1.60 bits per heavy atom. The molecule has 15 heavy (non-hydrogen) atoms. The van der Waals surface area contributed by atoms with Gasteiger partial charge in [0.2, 0.25) is 0 Å². The number of phenolic OH excluding ortho intramolecular Hbond substituents is 1. The Morgan fingerprint density at radius 2 is 2.27 bits per heavy atom. The molecule has 1 rings (SSSR count). The SMILES string of the molecule is COc1cc(CC(=O)O)cc(C#N)c1O. The maximum atomic E-state index is 10.5. The van der Waals surface area contributed by atoms with Gasteiger partial charge in [0.25, 0.3) is 0 Å². The minimum atomic E-state index is -1.01. The summed E-state index contributed by atoms with van der Waals surface area (Å²) in [5.41, 5.74) is 0.416. The number of aliphatic carboxylic acids is 1. The molecular formula is C10H9NO4. The van der Waals surface area contributed by atoms with E-state index in [1.165, 1.54) is 19.2 Å². The highest BCUT2D eigenvalue weighted by Crippen LogP contribution is 2.30. The summed E-state index contributed by atoms with van der Waals surface area (Å²) >= 11 is 0. The molecule has 0 radical (unpaired) electrons. The maximum Gasteiger partial charge on any atom is 0.307 e. The minimum absolute atomic E-state index is 0.00519. The predicted octanol–water partition coefficient (Wildman–Crippen LogP) is 0.900. The highest BCUT2D eigenvalue weighted by Gasteiger charge is 2.11. The van der Waals surface area contributed by atoms with Crippen LogP contribution in [-0.2, 0) is 11.2 Å². The summed E-state index contributed by atoms with van der Waals surface area (Å²) in [7, 11) is 1.33. The third kappa shape index (κ3) is 2.38. The first-order chi connectivity index (χ1) is 7.08. The Hall–Kier alpha value is -2.22. The van der Waals surface area contributed by atoms with Gasteiger partial charge in [-0.05, 0) is 17.7 Å². The Labute approximate surface area is 86.1 Å². The lowest BCUT2D eigenvalue weighted by Gasteiger charge is -2.06. The molecule has 1 aromatic carbocycles. The normalized spacial score (nSPS) is 9.33. The molecule has 0 saturated carbocycles. The lowest BCUT2D eigenvalue weighted by atomic mass is 10.1. The summed E-state index contributed by atoms with van der Waals surface area (Å²) in [6.07, 6.45) is -0.217. The molecular weight excluding hydrogens is 198 g/mol. The lowest BCUT2D eigenvalue weighted by molar-refractivity contribution is -0.136. The van der Waals surface area contributed by atoms with Crippen molar-refractivity contribution in [1.82, 2.24) is 0 Å². The number of carboxylic acids is 1. The molecule has 0 bridgehead atoms. The standard InChI is InChI=1S/C10H9NO4/c1-15-8-3-6(4-9(12)13)2-7(5-11)10(8)14/h2-3,14H,4H2,1H3,(H,12,13).